The summed E-state index contributed by atoms with van der Waals surface area (Å²) in [7, 11) is 0. The van der Waals surface area contributed by atoms with Crippen LogP contribution in [0, 0.1) is 5.92 Å². The summed E-state index contributed by atoms with van der Waals surface area (Å²) in [6.45, 7) is 8.02. The summed E-state index contributed by atoms with van der Waals surface area (Å²) >= 11 is 5.89. The smallest absolute Gasteiger partial charge is 0.330 e. The first-order valence-corrected chi connectivity index (χ1v) is 10.4. The number of unbranched alkanes of at least 4 members (excludes halogenated alkanes) is 1. The van der Waals surface area contributed by atoms with Crippen molar-refractivity contribution in [2.75, 3.05) is 17.2 Å². The first-order valence-electron chi connectivity index (χ1n) is 10.0. The van der Waals surface area contributed by atoms with Crippen molar-refractivity contribution in [3.05, 3.63) is 50.1 Å². The number of carbonyl (C=O) groups is 1. The molecule has 0 radical (unpaired) electrons. The number of nitrogens with zero attached hydrogens (tertiary/aromatic N) is 2. The van der Waals surface area contributed by atoms with Gasteiger partial charge in [0, 0.05) is 18.1 Å². The lowest BCUT2D eigenvalue weighted by molar-refractivity contribution is -0.124. The number of rotatable bonds is 9. The molecule has 9 heteroatoms. The molecule has 2 aromatic rings. The second-order valence-corrected chi connectivity index (χ2v) is 7.99. The lowest BCUT2D eigenvalue weighted by Gasteiger charge is -2.28. The Hall–Kier alpha value is -2.74. The Morgan fingerprint density at radius 2 is 1.87 bits per heavy atom. The number of carbonyl (C=O) groups excluding carboxylic acids is 1. The summed E-state index contributed by atoms with van der Waals surface area (Å²) in [5.74, 6) is 0.0625. The standard InChI is InChI=1S/C21H29ClN4O4/c1-5-6-11-25-18(23)17(19(27)24-21(25)29)26(12-13(2)3)20(28)14(4)30-16-9-7-15(22)8-10-16/h7-10,13-14H,5-6,11-12,23H2,1-4H3,(H,24,27,29). The third-order valence-corrected chi connectivity index (χ3v) is 4.76. The SMILES string of the molecule is CCCCn1c(N)c(N(CC(C)C)C(=O)C(C)Oc2ccc(Cl)cc2)c(=O)[nH]c1=O. The molecule has 0 aliphatic heterocycles. The number of aromatic nitrogens is 2. The van der Waals surface area contributed by atoms with Crippen LogP contribution in [0.3, 0.4) is 0 Å². The summed E-state index contributed by atoms with van der Waals surface area (Å²) < 4.78 is 7.04. The van der Waals surface area contributed by atoms with Crippen LogP contribution in [0.2, 0.25) is 5.02 Å². The first-order chi connectivity index (χ1) is 14.1. The topological polar surface area (TPSA) is 110 Å². The zero-order valence-corrected chi connectivity index (χ0v) is 18.5. The highest BCUT2D eigenvalue weighted by Gasteiger charge is 2.29. The molecular weight excluding hydrogens is 408 g/mol. The predicted molar refractivity (Wildman–Crippen MR) is 119 cm³/mol. The molecule has 1 amide bonds. The van der Waals surface area contributed by atoms with E-state index in [9.17, 15) is 14.4 Å². The summed E-state index contributed by atoms with van der Waals surface area (Å²) in [5.41, 5.74) is 4.89. The molecule has 8 nitrogen and oxygen atoms in total. The molecule has 0 bridgehead atoms. The monoisotopic (exact) mass is 436 g/mol. The Labute approximate surface area is 180 Å². The van der Waals surface area contributed by atoms with Crippen LogP contribution in [0.1, 0.15) is 40.5 Å². The normalized spacial score (nSPS) is 12.1. The van der Waals surface area contributed by atoms with Gasteiger partial charge in [0.05, 0.1) is 0 Å². The minimum absolute atomic E-state index is 0.0232. The van der Waals surface area contributed by atoms with Crippen molar-refractivity contribution in [2.24, 2.45) is 5.92 Å². The van der Waals surface area contributed by atoms with E-state index in [2.05, 4.69) is 4.98 Å². The van der Waals surface area contributed by atoms with Crippen molar-refractivity contribution < 1.29 is 9.53 Å². The summed E-state index contributed by atoms with van der Waals surface area (Å²) in [5, 5.41) is 0.552. The third kappa shape index (κ3) is 5.66. The van der Waals surface area contributed by atoms with Gasteiger partial charge < -0.3 is 15.4 Å². The zero-order valence-electron chi connectivity index (χ0n) is 17.8. The maximum absolute atomic E-state index is 13.2. The van der Waals surface area contributed by atoms with Crippen LogP contribution in [0.15, 0.2) is 33.9 Å². The maximum Gasteiger partial charge on any atom is 0.330 e. The fraction of sp³-hybridized carbons (Fsp3) is 0.476. The number of nitrogens with two attached hydrogens (primary N) is 1. The molecule has 0 spiro atoms. The van der Waals surface area contributed by atoms with E-state index >= 15 is 0 Å². The van der Waals surface area contributed by atoms with E-state index in [0.717, 1.165) is 6.42 Å². The number of aromatic amines is 1. The second kappa shape index (κ2) is 10.3. The van der Waals surface area contributed by atoms with Gasteiger partial charge in [-0.2, -0.15) is 0 Å². The average Bonchev–Trinajstić information content (AvgIpc) is 2.67. The van der Waals surface area contributed by atoms with Crippen molar-refractivity contribution in [1.82, 2.24) is 9.55 Å². The van der Waals surface area contributed by atoms with E-state index in [1.807, 2.05) is 20.8 Å². The van der Waals surface area contributed by atoms with Gasteiger partial charge in [-0.25, -0.2) is 4.79 Å². The minimum Gasteiger partial charge on any atom is -0.481 e. The highest BCUT2D eigenvalue weighted by Crippen LogP contribution is 2.22. The molecule has 164 valence electrons. The predicted octanol–water partition coefficient (Wildman–Crippen LogP) is 3.03. The number of hydrogen-bond acceptors (Lipinski definition) is 5. The lowest BCUT2D eigenvalue weighted by Crippen LogP contribution is -2.47. The zero-order chi connectivity index (χ0) is 22.4. The number of ether oxygens (including phenoxy) is 1. The molecule has 2 rings (SSSR count). The molecule has 0 saturated heterocycles. The molecule has 1 unspecified atom stereocenters. The van der Waals surface area contributed by atoms with E-state index in [1.165, 1.54) is 9.47 Å². The van der Waals surface area contributed by atoms with Crippen LogP contribution >= 0.6 is 11.6 Å². The van der Waals surface area contributed by atoms with Gasteiger partial charge in [0.2, 0.25) is 0 Å². The Balaban J connectivity index is 2.43. The van der Waals surface area contributed by atoms with Gasteiger partial charge >= 0.3 is 5.69 Å². The van der Waals surface area contributed by atoms with Crippen LogP contribution < -0.4 is 26.6 Å². The van der Waals surface area contributed by atoms with Gasteiger partial charge in [-0.05, 0) is 43.5 Å². The van der Waals surface area contributed by atoms with Gasteiger partial charge in [0.1, 0.15) is 11.6 Å². The Morgan fingerprint density at radius 1 is 1.23 bits per heavy atom. The fourth-order valence-corrected chi connectivity index (χ4v) is 3.15. The van der Waals surface area contributed by atoms with Crippen LogP contribution in [0.25, 0.3) is 0 Å². The number of halogens is 1. The number of amides is 1. The van der Waals surface area contributed by atoms with Crippen LogP contribution in [-0.2, 0) is 11.3 Å². The number of nitrogen functional groups attached to an aromatic ring is 1. The van der Waals surface area contributed by atoms with Crippen molar-refractivity contribution in [2.45, 2.75) is 53.2 Å². The van der Waals surface area contributed by atoms with E-state index in [4.69, 9.17) is 22.1 Å². The van der Waals surface area contributed by atoms with Gasteiger partial charge in [-0.3, -0.25) is 19.1 Å². The van der Waals surface area contributed by atoms with E-state index in [-0.39, 0.29) is 24.0 Å². The number of nitrogens with one attached hydrogen (secondary N) is 1. The molecule has 1 aromatic heterocycles. The van der Waals surface area contributed by atoms with Crippen molar-refractivity contribution >= 4 is 29.0 Å². The maximum atomic E-state index is 13.2. The van der Waals surface area contributed by atoms with Crippen molar-refractivity contribution in [3.63, 3.8) is 0 Å². The van der Waals surface area contributed by atoms with Gasteiger partial charge in [-0.15, -0.1) is 0 Å². The van der Waals surface area contributed by atoms with Gasteiger partial charge in [0.25, 0.3) is 11.5 Å². The largest absolute Gasteiger partial charge is 0.481 e. The van der Waals surface area contributed by atoms with Crippen molar-refractivity contribution in [3.8, 4) is 5.75 Å². The van der Waals surface area contributed by atoms with Gasteiger partial charge in [0.15, 0.2) is 11.8 Å². The average molecular weight is 437 g/mol. The summed E-state index contributed by atoms with van der Waals surface area (Å²) in [4.78, 5) is 41.7. The molecule has 0 aliphatic carbocycles. The van der Waals surface area contributed by atoms with Gasteiger partial charge in [-0.1, -0.05) is 38.8 Å². The van der Waals surface area contributed by atoms with E-state index in [1.54, 1.807) is 31.2 Å². The fourth-order valence-electron chi connectivity index (χ4n) is 3.02. The van der Waals surface area contributed by atoms with Crippen LogP contribution in [0.4, 0.5) is 11.5 Å². The van der Waals surface area contributed by atoms with E-state index in [0.29, 0.717) is 23.7 Å². The van der Waals surface area contributed by atoms with Crippen LogP contribution in [-0.4, -0.2) is 28.1 Å². The minimum atomic E-state index is -0.889. The third-order valence-electron chi connectivity index (χ3n) is 4.51. The van der Waals surface area contributed by atoms with Crippen LogP contribution in [0.5, 0.6) is 5.75 Å². The Kier molecular flexibility index (Phi) is 8.11. The van der Waals surface area contributed by atoms with E-state index < -0.39 is 23.3 Å². The molecule has 1 atom stereocenters. The number of anilines is 2. The molecule has 1 aromatic carbocycles. The number of H-pyrrole nitrogens is 1. The molecule has 0 aliphatic rings. The Bertz CT molecular complexity index is 982. The molecule has 0 saturated carbocycles. The quantitative estimate of drug-likeness (QED) is 0.627. The molecule has 0 fully saturated rings. The number of benzene rings is 1. The molecule has 3 N–H and O–H groups in total. The summed E-state index contributed by atoms with van der Waals surface area (Å²) in [6, 6.07) is 6.63. The summed E-state index contributed by atoms with van der Waals surface area (Å²) in [6.07, 6.45) is 0.671. The number of hydrogen-bond donors (Lipinski definition) is 2. The lowest BCUT2D eigenvalue weighted by atomic mass is 10.1. The Morgan fingerprint density at radius 3 is 2.43 bits per heavy atom. The molecule has 30 heavy (non-hydrogen) atoms. The molecule has 1 heterocycles. The second-order valence-electron chi connectivity index (χ2n) is 7.56. The first kappa shape index (κ1) is 23.5. The van der Waals surface area contributed by atoms with Crippen molar-refractivity contribution in [1.29, 1.82) is 0 Å². The highest BCUT2D eigenvalue weighted by molar-refractivity contribution is 6.30. The molecular formula is C21H29ClN4O4. The highest BCUT2D eigenvalue weighted by atomic mass is 35.5.